The summed E-state index contributed by atoms with van der Waals surface area (Å²) in [7, 11) is 0. The number of hydrogen-bond acceptors (Lipinski definition) is 5. The molecule has 6 heteroatoms. The number of halogens is 1. The van der Waals surface area contributed by atoms with Crippen LogP contribution in [0.15, 0.2) is 132 Å². The topological polar surface area (TPSA) is 50.6 Å². The molecule has 6 rings (SSSR count). The molecule has 3 aromatic carbocycles. The van der Waals surface area contributed by atoms with Gasteiger partial charge in [-0.1, -0.05) is 109 Å². The van der Waals surface area contributed by atoms with Gasteiger partial charge < -0.3 is 4.74 Å². The summed E-state index contributed by atoms with van der Waals surface area (Å²) in [5.74, 6) is 0.718. The van der Waals surface area contributed by atoms with Crippen LogP contribution in [-0.2, 0) is 10.3 Å². The van der Waals surface area contributed by atoms with Crippen LogP contribution in [0.4, 0.5) is 0 Å². The predicted octanol–water partition coefficient (Wildman–Crippen LogP) is 7.01. The van der Waals surface area contributed by atoms with Crippen LogP contribution in [0.1, 0.15) is 36.2 Å². The van der Waals surface area contributed by atoms with E-state index in [4.69, 9.17) is 21.4 Å². The first-order chi connectivity index (χ1) is 19.1. The first kappa shape index (κ1) is 25.1. The SMILES string of the molecule is CC(C)OC1=CC2C(c3cc(Cl)ncn3)=NN(C(c3ccccc3)(c3ccccc3)c3ccccc3)C2C=C1. The van der Waals surface area contributed by atoms with E-state index in [0.29, 0.717) is 10.8 Å². The van der Waals surface area contributed by atoms with Crippen molar-refractivity contribution in [3.05, 3.63) is 155 Å². The second-order valence-corrected chi connectivity index (χ2v) is 10.4. The fourth-order valence-electron chi connectivity index (χ4n) is 5.65. The maximum absolute atomic E-state index is 6.34. The van der Waals surface area contributed by atoms with E-state index in [2.05, 4.69) is 106 Å². The molecule has 0 saturated heterocycles. The van der Waals surface area contributed by atoms with E-state index in [1.54, 1.807) is 6.07 Å². The summed E-state index contributed by atoms with van der Waals surface area (Å²) in [5.41, 5.74) is 4.16. The van der Waals surface area contributed by atoms with Gasteiger partial charge in [-0.15, -0.1) is 0 Å². The van der Waals surface area contributed by atoms with E-state index < -0.39 is 5.54 Å². The molecule has 1 aromatic heterocycles. The van der Waals surface area contributed by atoms with E-state index in [1.807, 2.05) is 32.0 Å². The summed E-state index contributed by atoms with van der Waals surface area (Å²) >= 11 is 6.34. The molecule has 0 bridgehead atoms. The van der Waals surface area contributed by atoms with Gasteiger partial charge in [-0.25, -0.2) is 9.97 Å². The number of hydrogen-bond donors (Lipinski definition) is 0. The Labute approximate surface area is 234 Å². The van der Waals surface area contributed by atoms with Gasteiger partial charge in [0.2, 0.25) is 0 Å². The minimum Gasteiger partial charge on any atom is -0.491 e. The normalized spacial score (nSPS) is 18.5. The molecule has 2 unspecified atom stereocenters. The van der Waals surface area contributed by atoms with E-state index in [1.165, 1.54) is 6.33 Å². The highest BCUT2D eigenvalue weighted by molar-refractivity contribution is 6.29. The molecule has 2 heterocycles. The highest BCUT2D eigenvalue weighted by Gasteiger charge is 2.51. The molecule has 0 spiro atoms. The quantitative estimate of drug-likeness (QED) is 0.190. The average molecular weight is 533 g/mol. The van der Waals surface area contributed by atoms with Crippen LogP contribution in [0.5, 0.6) is 0 Å². The molecule has 1 aliphatic heterocycles. The number of nitrogens with zero attached hydrogens (tertiary/aromatic N) is 4. The van der Waals surface area contributed by atoms with Crippen molar-refractivity contribution in [2.75, 3.05) is 0 Å². The first-order valence-electron chi connectivity index (χ1n) is 13.2. The standard InChI is InChI=1S/C33H29ClN4O/c1-23(2)39-27-18-19-30-28(20-27)32(29-21-31(34)36-22-35-29)37-38(30)33(24-12-6-3-7-13-24,25-14-8-4-9-15-25)26-16-10-5-11-17-26/h3-23,28,30H,1-2H3. The summed E-state index contributed by atoms with van der Waals surface area (Å²) in [5, 5.41) is 8.03. The van der Waals surface area contributed by atoms with E-state index in [-0.39, 0.29) is 18.1 Å². The molecule has 0 fully saturated rings. The highest BCUT2D eigenvalue weighted by Crippen LogP contribution is 2.48. The fraction of sp³-hybridized carbons (Fsp3) is 0.182. The molecule has 2 atom stereocenters. The molecule has 194 valence electrons. The van der Waals surface area contributed by atoms with Crippen molar-refractivity contribution in [1.82, 2.24) is 15.0 Å². The summed E-state index contributed by atoms with van der Waals surface area (Å²) in [6.45, 7) is 4.07. The Hall–Kier alpha value is -4.22. The fourth-order valence-corrected chi connectivity index (χ4v) is 5.79. The van der Waals surface area contributed by atoms with Gasteiger partial charge in [-0.3, -0.25) is 5.01 Å². The van der Waals surface area contributed by atoms with Crippen molar-refractivity contribution in [3.8, 4) is 0 Å². The van der Waals surface area contributed by atoms with Gasteiger partial charge in [0.05, 0.1) is 29.5 Å². The van der Waals surface area contributed by atoms with Crippen LogP contribution < -0.4 is 0 Å². The molecule has 5 nitrogen and oxygen atoms in total. The third kappa shape index (κ3) is 4.53. The van der Waals surface area contributed by atoms with Crippen molar-refractivity contribution < 1.29 is 4.74 Å². The summed E-state index contributed by atoms with van der Waals surface area (Å²) < 4.78 is 6.12. The molecular weight excluding hydrogens is 504 g/mol. The van der Waals surface area contributed by atoms with Crippen LogP contribution in [0, 0.1) is 5.92 Å². The molecule has 0 saturated carbocycles. The number of ether oxygens (including phenoxy) is 1. The minimum atomic E-state index is -0.722. The Morgan fingerprint density at radius 2 is 1.38 bits per heavy atom. The lowest BCUT2D eigenvalue weighted by molar-refractivity contribution is 0.126. The van der Waals surface area contributed by atoms with E-state index >= 15 is 0 Å². The van der Waals surface area contributed by atoms with Gasteiger partial charge in [0.25, 0.3) is 0 Å². The first-order valence-corrected chi connectivity index (χ1v) is 13.5. The molecule has 1 aliphatic carbocycles. The lowest BCUT2D eigenvalue weighted by atomic mass is 9.75. The summed E-state index contributed by atoms with van der Waals surface area (Å²) in [4.78, 5) is 8.70. The van der Waals surface area contributed by atoms with Gasteiger partial charge in [0.15, 0.2) is 0 Å². The van der Waals surface area contributed by atoms with Crippen molar-refractivity contribution in [3.63, 3.8) is 0 Å². The lowest BCUT2D eigenvalue weighted by Crippen LogP contribution is -2.49. The Kier molecular flexibility index (Phi) is 6.76. The van der Waals surface area contributed by atoms with Gasteiger partial charge in [0, 0.05) is 6.07 Å². The van der Waals surface area contributed by atoms with Crippen LogP contribution in [0.25, 0.3) is 0 Å². The number of fused-ring (bicyclic) bond motifs is 1. The van der Waals surface area contributed by atoms with Crippen LogP contribution in [-0.4, -0.2) is 32.8 Å². The third-order valence-corrected chi connectivity index (χ3v) is 7.38. The van der Waals surface area contributed by atoms with Crippen LogP contribution >= 0.6 is 11.6 Å². The van der Waals surface area contributed by atoms with Gasteiger partial charge in [-0.2, -0.15) is 5.10 Å². The number of rotatable bonds is 7. The van der Waals surface area contributed by atoms with Crippen LogP contribution in [0.2, 0.25) is 5.15 Å². The smallest absolute Gasteiger partial charge is 0.133 e. The molecular formula is C33H29ClN4O. The predicted molar refractivity (Wildman–Crippen MR) is 155 cm³/mol. The summed E-state index contributed by atoms with van der Waals surface area (Å²) in [6, 6.07) is 33.4. The molecule has 4 aromatic rings. The number of allylic oxidation sites excluding steroid dienone is 1. The van der Waals surface area contributed by atoms with Gasteiger partial charge in [0.1, 0.15) is 22.8 Å². The zero-order valence-electron chi connectivity index (χ0n) is 21.9. The summed E-state index contributed by atoms with van der Waals surface area (Å²) in [6.07, 6.45) is 7.97. The minimum absolute atomic E-state index is 0.0564. The van der Waals surface area contributed by atoms with E-state index in [9.17, 15) is 0 Å². The Balaban J connectivity index is 1.64. The van der Waals surface area contributed by atoms with Crippen molar-refractivity contribution in [2.24, 2.45) is 11.0 Å². The highest BCUT2D eigenvalue weighted by atomic mass is 35.5. The van der Waals surface area contributed by atoms with Crippen molar-refractivity contribution >= 4 is 17.3 Å². The second-order valence-electron chi connectivity index (χ2n) is 9.98. The molecule has 0 radical (unpaired) electrons. The number of aromatic nitrogens is 2. The van der Waals surface area contributed by atoms with Crippen molar-refractivity contribution in [2.45, 2.75) is 31.5 Å². The Morgan fingerprint density at radius 3 is 1.90 bits per heavy atom. The van der Waals surface area contributed by atoms with Gasteiger partial charge >= 0.3 is 0 Å². The molecule has 0 amide bonds. The second kappa shape index (κ2) is 10.5. The van der Waals surface area contributed by atoms with Gasteiger partial charge in [-0.05, 0) is 42.7 Å². The zero-order chi connectivity index (χ0) is 26.8. The molecule has 0 N–H and O–H groups in total. The average Bonchev–Trinajstić information content (AvgIpc) is 3.34. The lowest BCUT2D eigenvalue weighted by Gasteiger charge is -2.45. The Bertz CT molecular complexity index is 1440. The van der Waals surface area contributed by atoms with Crippen LogP contribution in [0.3, 0.4) is 0 Å². The zero-order valence-corrected chi connectivity index (χ0v) is 22.6. The molecule has 2 aliphatic rings. The molecule has 39 heavy (non-hydrogen) atoms. The van der Waals surface area contributed by atoms with E-state index in [0.717, 1.165) is 28.2 Å². The van der Waals surface area contributed by atoms with Crippen molar-refractivity contribution in [1.29, 1.82) is 0 Å². The maximum atomic E-state index is 6.34. The third-order valence-electron chi connectivity index (χ3n) is 7.17. The Morgan fingerprint density at radius 1 is 0.821 bits per heavy atom. The largest absolute Gasteiger partial charge is 0.491 e. The maximum Gasteiger partial charge on any atom is 0.133 e. The number of benzene rings is 3. The monoisotopic (exact) mass is 532 g/mol. The number of hydrazone groups is 1.